The maximum absolute atomic E-state index is 12.6. The number of primary amides is 1. The maximum atomic E-state index is 12.6. The minimum Gasteiger partial charge on any atom is -0.375 e. The molecule has 2 aromatic carbocycles. The van der Waals surface area contributed by atoms with Gasteiger partial charge in [0, 0.05) is 30.5 Å². The Labute approximate surface area is 187 Å². The lowest BCUT2D eigenvalue weighted by Gasteiger charge is -2.29. The quantitative estimate of drug-likeness (QED) is 0.509. The van der Waals surface area contributed by atoms with Gasteiger partial charge in [0.15, 0.2) is 0 Å². The van der Waals surface area contributed by atoms with Crippen LogP contribution in [0, 0.1) is 0 Å². The molecular formula is C24H29N5O3. The summed E-state index contributed by atoms with van der Waals surface area (Å²) in [6, 6.07) is 12.6. The third kappa shape index (κ3) is 5.38. The molecule has 2 fully saturated rings. The highest BCUT2D eigenvalue weighted by Crippen LogP contribution is 2.26. The number of carbonyl (C=O) groups is 3. The number of hydrogen-bond acceptors (Lipinski definition) is 5. The van der Waals surface area contributed by atoms with E-state index in [1.165, 1.54) is 6.42 Å². The van der Waals surface area contributed by atoms with Crippen LogP contribution < -0.4 is 26.6 Å². The molecule has 0 aromatic heterocycles. The lowest BCUT2D eigenvalue weighted by Crippen LogP contribution is -2.30. The number of piperidine rings is 1. The number of rotatable bonds is 8. The molecule has 0 radical (unpaired) electrons. The summed E-state index contributed by atoms with van der Waals surface area (Å²) in [5.41, 5.74) is 8.30. The van der Waals surface area contributed by atoms with E-state index in [1.54, 1.807) is 36.4 Å². The number of nitrogens with one attached hydrogen (secondary N) is 3. The van der Waals surface area contributed by atoms with E-state index in [1.807, 2.05) is 6.07 Å². The summed E-state index contributed by atoms with van der Waals surface area (Å²) in [6.07, 6.45) is 5.46. The summed E-state index contributed by atoms with van der Waals surface area (Å²) in [5.74, 6) is -1.07. The number of nitrogens with two attached hydrogens (primary N) is 1. The molecule has 1 aliphatic heterocycles. The van der Waals surface area contributed by atoms with Crippen molar-refractivity contribution in [2.45, 2.75) is 38.1 Å². The lowest BCUT2D eigenvalue weighted by molar-refractivity contribution is -0.114. The van der Waals surface area contributed by atoms with E-state index < -0.39 is 5.91 Å². The van der Waals surface area contributed by atoms with Crippen molar-refractivity contribution in [3.8, 4) is 0 Å². The fourth-order valence-corrected chi connectivity index (χ4v) is 3.89. The first-order valence-electron chi connectivity index (χ1n) is 11.1. The van der Waals surface area contributed by atoms with Gasteiger partial charge in [-0.15, -0.1) is 0 Å². The zero-order chi connectivity index (χ0) is 22.5. The summed E-state index contributed by atoms with van der Waals surface area (Å²) in [6.45, 7) is 1.85. The molecule has 0 spiro atoms. The Kier molecular flexibility index (Phi) is 6.58. The molecule has 3 amide bonds. The van der Waals surface area contributed by atoms with Crippen molar-refractivity contribution in [3.63, 3.8) is 0 Å². The van der Waals surface area contributed by atoms with Crippen LogP contribution >= 0.6 is 0 Å². The number of anilines is 3. The van der Waals surface area contributed by atoms with Gasteiger partial charge in [-0.3, -0.25) is 14.4 Å². The molecule has 168 valence electrons. The minimum atomic E-state index is -0.547. The van der Waals surface area contributed by atoms with Crippen molar-refractivity contribution in [1.82, 2.24) is 5.32 Å². The Morgan fingerprint density at radius 2 is 1.69 bits per heavy atom. The highest BCUT2D eigenvalue weighted by Gasteiger charge is 2.25. The van der Waals surface area contributed by atoms with Crippen LogP contribution in [0.4, 0.5) is 17.1 Å². The third-order valence-electron chi connectivity index (χ3n) is 5.79. The van der Waals surface area contributed by atoms with Crippen molar-refractivity contribution in [1.29, 1.82) is 0 Å². The largest absolute Gasteiger partial charge is 0.375 e. The van der Waals surface area contributed by atoms with E-state index in [2.05, 4.69) is 20.9 Å². The van der Waals surface area contributed by atoms with Crippen molar-refractivity contribution >= 4 is 34.8 Å². The third-order valence-corrected chi connectivity index (χ3v) is 5.79. The molecule has 1 saturated heterocycles. The van der Waals surface area contributed by atoms with Gasteiger partial charge in [-0.05, 0) is 62.4 Å². The summed E-state index contributed by atoms with van der Waals surface area (Å²) < 4.78 is 0. The second-order valence-electron chi connectivity index (χ2n) is 8.34. The molecule has 1 saturated carbocycles. The van der Waals surface area contributed by atoms with Gasteiger partial charge in [0.2, 0.25) is 5.91 Å². The van der Waals surface area contributed by atoms with E-state index in [0.717, 1.165) is 44.5 Å². The second-order valence-corrected chi connectivity index (χ2v) is 8.34. The normalized spacial score (nSPS) is 15.7. The van der Waals surface area contributed by atoms with Gasteiger partial charge in [-0.2, -0.15) is 0 Å². The first kappa shape index (κ1) is 21.7. The standard InChI is InChI=1S/C24H29N5O3/c25-23(31)19-14-17(29-12-4-1-5-13-29)10-11-20(19)26-15-22(30)28-21-7-3-2-6-18(21)24(32)27-16-8-9-16/h2-3,6-7,10-11,14,16,26H,1,4-5,8-9,12-13,15H2,(H2,25,31)(H,27,32)(H,28,30). The smallest absolute Gasteiger partial charge is 0.253 e. The monoisotopic (exact) mass is 435 g/mol. The van der Waals surface area contributed by atoms with E-state index in [0.29, 0.717) is 22.5 Å². The first-order valence-corrected chi connectivity index (χ1v) is 11.1. The van der Waals surface area contributed by atoms with Gasteiger partial charge >= 0.3 is 0 Å². The SMILES string of the molecule is NC(=O)c1cc(N2CCCCC2)ccc1NCC(=O)Nc1ccccc1C(=O)NC1CC1. The summed E-state index contributed by atoms with van der Waals surface area (Å²) >= 11 is 0. The average molecular weight is 436 g/mol. The maximum Gasteiger partial charge on any atom is 0.253 e. The molecule has 32 heavy (non-hydrogen) atoms. The van der Waals surface area contributed by atoms with Crippen molar-refractivity contribution in [3.05, 3.63) is 53.6 Å². The molecule has 1 heterocycles. The van der Waals surface area contributed by atoms with Crippen molar-refractivity contribution in [2.75, 3.05) is 35.2 Å². The van der Waals surface area contributed by atoms with Crippen LogP contribution in [0.25, 0.3) is 0 Å². The van der Waals surface area contributed by atoms with E-state index in [9.17, 15) is 14.4 Å². The number of benzene rings is 2. The van der Waals surface area contributed by atoms with Gasteiger partial charge in [-0.25, -0.2) is 0 Å². The molecule has 8 heteroatoms. The minimum absolute atomic E-state index is 0.0675. The van der Waals surface area contributed by atoms with Gasteiger partial charge in [0.1, 0.15) is 0 Å². The first-order chi connectivity index (χ1) is 15.5. The summed E-state index contributed by atoms with van der Waals surface area (Å²) in [4.78, 5) is 39.3. The Balaban J connectivity index is 1.40. The Morgan fingerprint density at radius 1 is 0.938 bits per heavy atom. The van der Waals surface area contributed by atoms with Crippen LogP contribution in [0.5, 0.6) is 0 Å². The van der Waals surface area contributed by atoms with Gasteiger partial charge < -0.3 is 26.6 Å². The number of para-hydroxylation sites is 1. The van der Waals surface area contributed by atoms with Crippen LogP contribution in [0.1, 0.15) is 52.8 Å². The van der Waals surface area contributed by atoms with Gasteiger partial charge in [0.05, 0.1) is 23.4 Å². The Bertz CT molecular complexity index is 1010. The number of amides is 3. The fraction of sp³-hybridized carbons (Fsp3) is 0.375. The van der Waals surface area contributed by atoms with Crippen LogP contribution in [-0.4, -0.2) is 43.4 Å². The van der Waals surface area contributed by atoms with Crippen molar-refractivity contribution < 1.29 is 14.4 Å². The molecule has 1 aliphatic carbocycles. The van der Waals surface area contributed by atoms with Crippen LogP contribution in [0.15, 0.2) is 42.5 Å². The number of nitrogens with zero attached hydrogens (tertiary/aromatic N) is 1. The predicted molar refractivity (Wildman–Crippen MR) is 125 cm³/mol. The highest BCUT2D eigenvalue weighted by molar-refractivity contribution is 6.05. The average Bonchev–Trinajstić information content (AvgIpc) is 3.62. The second kappa shape index (κ2) is 9.72. The zero-order valence-corrected chi connectivity index (χ0v) is 18.0. The molecule has 8 nitrogen and oxygen atoms in total. The summed E-state index contributed by atoms with van der Waals surface area (Å²) in [5, 5.41) is 8.72. The predicted octanol–water partition coefficient (Wildman–Crippen LogP) is 2.72. The van der Waals surface area contributed by atoms with Crippen LogP contribution in [-0.2, 0) is 4.79 Å². The molecule has 2 aliphatic rings. The molecule has 0 bridgehead atoms. The zero-order valence-electron chi connectivity index (χ0n) is 18.0. The van der Waals surface area contributed by atoms with Crippen molar-refractivity contribution in [2.24, 2.45) is 5.73 Å². The van der Waals surface area contributed by atoms with Gasteiger partial charge in [-0.1, -0.05) is 12.1 Å². The van der Waals surface area contributed by atoms with Crippen LogP contribution in [0.2, 0.25) is 0 Å². The topological polar surface area (TPSA) is 117 Å². The van der Waals surface area contributed by atoms with E-state index >= 15 is 0 Å². The molecular weight excluding hydrogens is 406 g/mol. The number of hydrogen-bond donors (Lipinski definition) is 4. The Morgan fingerprint density at radius 3 is 2.41 bits per heavy atom. The molecule has 0 atom stereocenters. The molecule has 5 N–H and O–H groups in total. The highest BCUT2D eigenvalue weighted by atomic mass is 16.2. The lowest BCUT2D eigenvalue weighted by atomic mass is 10.1. The molecule has 4 rings (SSSR count). The van der Waals surface area contributed by atoms with Crippen LogP contribution in [0.3, 0.4) is 0 Å². The van der Waals surface area contributed by atoms with E-state index in [4.69, 9.17) is 5.73 Å². The molecule has 0 unspecified atom stereocenters. The summed E-state index contributed by atoms with van der Waals surface area (Å²) in [7, 11) is 0. The van der Waals surface area contributed by atoms with E-state index in [-0.39, 0.29) is 24.4 Å². The van der Waals surface area contributed by atoms with Gasteiger partial charge in [0.25, 0.3) is 11.8 Å². The Hall–Kier alpha value is -3.55. The molecule has 2 aromatic rings. The number of carbonyl (C=O) groups excluding carboxylic acids is 3. The fourth-order valence-electron chi connectivity index (χ4n) is 3.89.